The van der Waals surface area contributed by atoms with Gasteiger partial charge in [0, 0.05) is 21.6 Å². The molecule has 0 atom stereocenters. The lowest BCUT2D eigenvalue weighted by molar-refractivity contribution is -0.00939. The molecule has 3 heteroatoms. The maximum Gasteiger partial charge on any atom is 0.335 e. The van der Waals surface area contributed by atoms with Gasteiger partial charge in [0.25, 0.3) is 0 Å². The molecule has 0 aliphatic carbocycles. The van der Waals surface area contributed by atoms with Crippen LogP contribution in [0.5, 0.6) is 0 Å². The molecular formula is C19H23BOS. The lowest BCUT2D eigenvalue weighted by atomic mass is 9.33. The third kappa shape index (κ3) is 2.84. The zero-order valence-corrected chi connectivity index (χ0v) is 14.6. The Labute approximate surface area is 138 Å². The summed E-state index contributed by atoms with van der Waals surface area (Å²) in [5.41, 5.74) is 2.60. The van der Waals surface area contributed by atoms with Gasteiger partial charge in [0.05, 0.1) is 0 Å². The smallest absolute Gasteiger partial charge is 0.335 e. The number of rotatable bonds is 4. The molecule has 2 aromatic carbocycles. The van der Waals surface area contributed by atoms with Gasteiger partial charge in [0.1, 0.15) is 0 Å². The summed E-state index contributed by atoms with van der Waals surface area (Å²) in [5, 5.41) is 0.174. The maximum absolute atomic E-state index is 6.09. The predicted molar refractivity (Wildman–Crippen MR) is 97.0 cm³/mol. The molecule has 3 rings (SSSR count). The Balaban J connectivity index is 1.64. The molecule has 0 radical (unpaired) electrons. The third-order valence-electron chi connectivity index (χ3n) is 5.05. The summed E-state index contributed by atoms with van der Waals surface area (Å²) in [6.07, 6.45) is 0. The van der Waals surface area contributed by atoms with E-state index in [1.807, 2.05) is 11.8 Å². The van der Waals surface area contributed by atoms with Crippen molar-refractivity contribution in [1.29, 1.82) is 0 Å². The van der Waals surface area contributed by atoms with Crippen LogP contribution in [0.15, 0.2) is 59.5 Å². The summed E-state index contributed by atoms with van der Waals surface area (Å²) in [6.45, 7) is 9.14. The minimum Gasteiger partial charge on any atom is -0.425 e. The fourth-order valence-electron chi connectivity index (χ4n) is 2.81. The molecular weight excluding hydrogens is 287 g/mol. The van der Waals surface area contributed by atoms with Gasteiger partial charge in [-0.3, -0.25) is 0 Å². The van der Waals surface area contributed by atoms with Crippen molar-refractivity contribution in [3.8, 4) is 0 Å². The van der Waals surface area contributed by atoms with Crippen LogP contribution in [0.1, 0.15) is 33.3 Å². The lowest BCUT2D eigenvalue weighted by Crippen LogP contribution is -2.66. The molecule has 1 fully saturated rings. The first kappa shape index (κ1) is 15.7. The highest BCUT2D eigenvalue weighted by Crippen LogP contribution is 2.53. The van der Waals surface area contributed by atoms with Crippen LogP contribution in [-0.2, 0) is 10.4 Å². The second-order valence-electron chi connectivity index (χ2n) is 7.07. The van der Waals surface area contributed by atoms with Crippen LogP contribution in [0, 0.1) is 0 Å². The van der Waals surface area contributed by atoms with Gasteiger partial charge in [0.2, 0.25) is 0 Å². The minimum absolute atomic E-state index is 0.0422. The largest absolute Gasteiger partial charge is 0.425 e. The summed E-state index contributed by atoms with van der Waals surface area (Å²) >= 11 is 1.88. The molecule has 0 bridgehead atoms. The average molecular weight is 310 g/mol. The number of hydrogen-bond acceptors (Lipinski definition) is 2. The normalized spacial score (nSPS) is 18.8. The Morgan fingerprint density at radius 2 is 1.55 bits per heavy atom. The molecule has 1 nitrogen and oxygen atoms in total. The Morgan fingerprint density at radius 1 is 0.909 bits per heavy atom. The van der Waals surface area contributed by atoms with E-state index in [4.69, 9.17) is 4.65 Å². The monoisotopic (exact) mass is 310 g/mol. The fraction of sp³-hybridized carbons (Fsp3) is 0.368. The Morgan fingerprint density at radius 3 is 2.09 bits per heavy atom. The van der Waals surface area contributed by atoms with Crippen LogP contribution in [0.2, 0.25) is 5.31 Å². The first-order valence-electron chi connectivity index (χ1n) is 7.85. The van der Waals surface area contributed by atoms with E-state index in [2.05, 4.69) is 82.3 Å². The third-order valence-corrected chi connectivity index (χ3v) is 6.13. The van der Waals surface area contributed by atoms with Crippen molar-refractivity contribution in [3.63, 3.8) is 0 Å². The van der Waals surface area contributed by atoms with E-state index in [0.29, 0.717) is 0 Å². The highest BCUT2D eigenvalue weighted by Gasteiger charge is 2.59. The second kappa shape index (κ2) is 5.79. The van der Waals surface area contributed by atoms with Crippen molar-refractivity contribution >= 4 is 24.1 Å². The lowest BCUT2D eigenvalue weighted by Gasteiger charge is -2.57. The van der Waals surface area contributed by atoms with Gasteiger partial charge in [-0.2, -0.15) is 0 Å². The highest BCUT2D eigenvalue weighted by molar-refractivity contribution is 7.98. The van der Waals surface area contributed by atoms with Crippen molar-refractivity contribution in [2.45, 2.75) is 49.3 Å². The van der Waals surface area contributed by atoms with Crippen molar-refractivity contribution in [1.82, 2.24) is 0 Å². The predicted octanol–water partition coefficient (Wildman–Crippen LogP) is 4.77. The summed E-state index contributed by atoms with van der Waals surface area (Å²) in [4.78, 5) is 1.32. The number of hydrogen-bond donors (Lipinski definition) is 0. The van der Waals surface area contributed by atoms with Crippen LogP contribution < -0.4 is 5.46 Å². The second-order valence-corrected chi connectivity index (χ2v) is 8.12. The van der Waals surface area contributed by atoms with E-state index in [9.17, 15) is 0 Å². The quantitative estimate of drug-likeness (QED) is 0.594. The van der Waals surface area contributed by atoms with E-state index >= 15 is 0 Å². The van der Waals surface area contributed by atoms with Gasteiger partial charge in [-0.05, 0) is 37.0 Å². The van der Waals surface area contributed by atoms with Crippen LogP contribution in [0.4, 0.5) is 0 Å². The molecule has 1 aliphatic rings. The molecule has 0 saturated carbocycles. The molecule has 114 valence electrons. The molecule has 1 saturated heterocycles. The zero-order chi connectivity index (χ0) is 15.8. The highest BCUT2D eigenvalue weighted by atomic mass is 32.2. The van der Waals surface area contributed by atoms with Gasteiger partial charge in [-0.15, -0.1) is 11.8 Å². The summed E-state index contributed by atoms with van der Waals surface area (Å²) < 4.78 is 6.09. The number of benzene rings is 2. The van der Waals surface area contributed by atoms with E-state index < -0.39 is 0 Å². The minimum atomic E-state index is -0.0422. The fourth-order valence-corrected chi connectivity index (χ4v) is 3.68. The first-order valence-corrected chi connectivity index (χ1v) is 8.83. The van der Waals surface area contributed by atoms with E-state index in [-0.39, 0.29) is 17.8 Å². The van der Waals surface area contributed by atoms with Crippen LogP contribution in [0.25, 0.3) is 0 Å². The van der Waals surface area contributed by atoms with Crippen molar-refractivity contribution in [2.24, 2.45) is 0 Å². The summed E-state index contributed by atoms with van der Waals surface area (Å²) in [5.74, 6) is 1.00. The van der Waals surface area contributed by atoms with Gasteiger partial charge in [-0.1, -0.05) is 56.3 Å². The van der Waals surface area contributed by atoms with E-state index in [1.165, 1.54) is 15.9 Å². The van der Waals surface area contributed by atoms with E-state index in [1.54, 1.807) is 0 Å². The van der Waals surface area contributed by atoms with Crippen LogP contribution >= 0.6 is 11.8 Å². The maximum atomic E-state index is 6.09. The average Bonchev–Trinajstić information content (AvgIpc) is 2.52. The Hall–Kier alpha value is -1.19. The van der Waals surface area contributed by atoms with Gasteiger partial charge >= 0.3 is 6.92 Å². The molecule has 1 heterocycles. The molecule has 2 aromatic rings. The standard InChI is InChI=1S/C19H23BOS/c1-18(2)19(3,4)21-20(18)16-12-10-15(11-13-16)14-22-17-8-6-5-7-9-17/h5-13H,14H2,1-4H3. The molecule has 0 N–H and O–H groups in total. The van der Waals surface area contributed by atoms with Crippen molar-refractivity contribution < 1.29 is 4.65 Å². The molecule has 0 unspecified atom stereocenters. The summed E-state index contributed by atoms with van der Waals surface area (Å²) in [7, 11) is 0. The molecule has 0 spiro atoms. The van der Waals surface area contributed by atoms with Gasteiger partial charge in [0.15, 0.2) is 0 Å². The Kier molecular flexibility index (Phi) is 4.13. The van der Waals surface area contributed by atoms with E-state index in [0.717, 1.165) is 5.75 Å². The molecule has 0 aromatic heterocycles. The van der Waals surface area contributed by atoms with Gasteiger partial charge < -0.3 is 4.65 Å². The number of thioether (sulfide) groups is 1. The van der Waals surface area contributed by atoms with Crippen molar-refractivity contribution in [2.75, 3.05) is 0 Å². The zero-order valence-electron chi connectivity index (χ0n) is 13.8. The SMILES string of the molecule is CC1(C)OB(c2ccc(CSc3ccccc3)cc2)C1(C)C. The van der Waals surface area contributed by atoms with Gasteiger partial charge in [-0.25, -0.2) is 0 Å². The Bertz CT molecular complexity index is 634. The topological polar surface area (TPSA) is 9.23 Å². The first-order chi connectivity index (χ1) is 10.4. The summed E-state index contributed by atoms with van der Waals surface area (Å²) in [6, 6.07) is 19.5. The van der Waals surface area contributed by atoms with Crippen LogP contribution in [0.3, 0.4) is 0 Å². The van der Waals surface area contributed by atoms with Crippen molar-refractivity contribution in [3.05, 3.63) is 60.2 Å². The molecule has 1 aliphatic heterocycles. The van der Waals surface area contributed by atoms with Crippen LogP contribution in [-0.4, -0.2) is 12.5 Å². The molecule has 0 amide bonds. The molecule has 22 heavy (non-hydrogen) atoms.